The highest BCUT2D eigenvalue weighted by Crippen LogP contribution is 2.37. The minimum atomic E-state index is -0.860. The Bertz CT molecular complexity index is 868. The molecule has 2 N–H and O–H groups in total. The number of nitrogens with zero attached hydrogens (tertiary/aromatic N) is 2. The van der Waals surface area contributed by atoms with E-state index in [-0.39, 0.29) is 24.5 Å². The Morgan fingerprint density at radius 1 is 1.19 bits per heavy atom. The van der Waals surface area contributed by atoms with Crippen LogP contribution in [0.15, 0.2) is 18.3 Å². The lowest BCUT2D eigenvalue weighted by atomic mass is 9.90. The van der Waals surface area contributed by atoms with Gasteiger partial charge < -0.3 is 5.73 Å². The molecule has 1 heterocycles. The Morgan fingerprint density at radius 2 is 2.00 bits per heavy atom. The van der Waals surface area contributed by atoms with Crippen molar-refractivity contribution in [3.8, 4) is 0 Å². The first-order valence-electron chi connectivity index (χ1n) is 9.10. The third-order valence-corrected chi connectivity index (χ3v) is 5.51. The standard InChI is InChI=1S/C20H21F2N3O/c21-16-6-11-4-5-14(15(11)9-17(16)22)18(23)7-13(26)8-20-24-10-12-2-1-3-19(12)25-20/h6,9-10,14,18H,1-5,7-8,23H2. The number of Topliss-reactive ketones (excluding diaryl/α,β-unsaturated/α-hetero) is 1. The summed E-state index contributed by atoms with van der Waals surface area (Å²) < 4.78 is 26.9. The molecular weight excluding hydrogens is 336 g/mol. The van der Waals surface area contributed by atoms with Crippen molar-refractivity contribution in [2.45, 2.75) is 56.9 Å². The number of hydrogen-bond acceptors (Lipinski definition) is 4. The second-order valence-electron chi connectivity index (χ2n) is 7.31. The summed E-state index contributed by atoms with van der Waals surface area (Å²) >= 11 is 0. The molecule has 0 bridgehead atoms. The van der Waals surface area contributed by atoms with Crippen LogP contribution in [0.2, 0.25) is 0 Å². The molecule has 1 aromatic carbocycles. The monoisotopic (exact) mass is 357 g/mol. The predicted molar refractivity (Wildman–Crippen MR) is 92.8 cm³/mol. The van der Waals surface area contributed by atoms with Gasteiger partial charge in [0.25, 0.3) is 0 Å². The number of halogens is 2. The molecule has 1 aromatic heterocycles. The second kappa shape index (κ2) is 6.83. The van der Waals surface area contributed by atoms with E-state index < -0.39 is 17.7 Å². The van der Waals surface area contributed by atoms with Gasteiger partial charge in [-0.3, -0.25) is 4.79 Å². The maximum absolute atomic E-state index is 13.6. The Balaban J connectivity index is 1.42. The van der Waals surface area contributed by atoms with Crippen molar-refractivity contribution in [1.29, 1.82) is 0 Å². The first-order chi connectivity index (χ1) is 12.5. The van der Waals surface area contributed by atoms with Gasteiger partial charge in [0.15, 0.2) is 11.6 Å². The number of rotatable bonds is 5. The number of ketones is 1. The van der Waals surface area contributed by atoms with Crippen LogP contribution in [-0.2, 0) is 30.5 Å². The van der Waals surface area contributed by atoms with Gasteiger partial charge in [0.05, 0.1) is 6.42 Å². The zero-order valence-corrected chi connectivity index (χ0v) is 14.5. The highest BCUT2D eigenvalue weighted by atomic mass is 19.2. The summed E-state index contributed by atoms with van der Waals surface area (Å²) in [5.74, 6) is -1.29. The zero-order chi connectivity index (χ0) is 18.3. The maximum atomic E-state index is 13.6. The van der Waals surface area contributed by atoms with Crippen molar-refractivity contribution in [2.75, 3.05) is 0 Å². The number of benzene rings is 1. The van der Waals surface area contributed by atoms with Gasteiger partial charge in [-0.05, 0) is 60.9 Å². The molecule has 0 aliphatic heterocycles. The van der Waals surface area contributed by atoms with Crippen LogP contribution in [0.25, 0.3) is 0 Å². The second-order valence-corrected chi connectivity index (χ2v) is 7.31. The highest BCUT2D eigenvalue weighted by Gasteiger charge is 2.30. The molecule has 26 heavy (non-hydrogen) atoms. The molecule has 0 spiro atoms. The molecule has 2 aliphatic carbocycles. The first kappa shape index (κ1) is 17.2. The van der Waals surface area contributed by atoms with Crippen molar-refractivity contribution < 1.29 is 13.6 Å². The van der Waals surface area contributed by atoms with Gasteiger partial charge in [-0.15, -0.1) is 0 Å². The lowest BCUT2D eigenvalue weighted by molar-refractivity contribution is -0.119. The van der Waals surface area contributed by atoms with Gasteiger partial charge in [-0.25, -0.2) is 18.7 Å². The molecule has 0 radical (unpaired) electrons. The molecule has 136 valence electrons. The largest absolute Gasteiger partial charge is 0.327 e. The average molecular weight is 357 g/mol. The average Bonchev–Trinajstić information content (AvgIpc) is 3.21. The molecular formula is C20H21F2N3O. The number of fused-ring (bicyclic) bond motifs is 2. The van der Waals surface area contributed by atoms with Crippen molar-refractivity contribution in [2.24, 2.45) is 5.73 Å². The van der Waals surface area contributed by atoms with Crippen molar-refractivity contribution in [3.05, 3.63) is 58.2 Å². The number of carbonyl (C=O) groups excluding carboxylic acids is 1. The van der Waals surface area contributed by atoms with Crippen LogP contribution in [0.1, 0.15) is 53.4 Å². The highest BCUT2D eigenvalue weighted by molar-refractivity contribution is 5.80. The molecule has 0 fully saturated rings. The van der Waals surface area contributed by atoms with E-state index in [1.807, 2.05) is 6.20 Å². The molecule has 0 saturated carbocycles. The lowest BCUT2D eigenvalue weighted by Gasteiger charge is -2.20. The Labute approximate surface area is 150 Å². The first-order valence-corrected chi connectivity index (χ1v) is 9.10. The molecule has 0 amide bonds. The van der Waals surface area contributed by atoms with Gasteiger partial charge in [0, 0.05) is 30.3 Å². The number of nitrogens with two attached hydrogens (primary N) is 1. The Hall–Kier alpha value is -2.21. The molecule has 2 unspecified atom stereocenters. The minimum Gasteiger partial charge on any atom is -0.327 e. The predicted octanol–water partition coefficient (Wildman–Crippen LogP) is 2.80. The minimum absolute atomic E-state index is 0.0218. The summed E-state index contributed by atoms with van der Waals surface area (Å²) in [5.41, 5.74) is 10.00. The fourth-order valence-corrected chi connectivity index (χ4v) is 4.17. The van der Waals surface area contributed by atoms with Crippen LogP contribution in [-0.4, -0.2) is 21.8 Å². The fourth-order valence-electron chi connectivity index (χ4n) is 4.17. The van der Waals surface area contributed by atoms with Crippen molar-refractivity contribution in [1.82, 2.24) is 9.97 Å². The van der Waals surface area contributed by atoms with E-state index in [2.05, 4.69) is 9.97 Å². The summed E-state index contributed by atoms with van der Waals surface area (Å²) in [6.45, 7) is 0. The van der Waals surface area contributed by atoms with Gasteiger partial charge in [0.1, 0.15) is 11.6 Å². The molecule has 2 aromatic rings. The van der Waals surface area contributed by atoms with E-state index in [0.29, 0.717) is 18.7 Å². The van der Waals surface area contributed by atoms with Crippen LogP contribution in [0.4, 0.5) is 8.78 Å². The molecule has 6 heteroatoms. The van der Waals surface area contributed by atoms with Crippen LogP contribution in [0.3, 0.4) is 0 Å². The molecule has 2 atom stereocenters. The number of carbonyl (C=O) groups is 1. The van der Waals surface area contributed by atoms with E-state index in [0.717, 1.165) is 36.1 Å². The van der Waals surface area contributed by atoms with Crippen molar-refractivity contribution >= 4 is 5.78 Å². The van der Waals surface area contributed by atoms with Gasteiger partial charge in [-0.1, -0.05) is 0 Å². The smallest absolute Gasteiger partial charge is 0.159 e. The number of hydrogen-bond donors (Lipinski definition) is 1. The van der Waals surface area contributed by atoms with E-state index >= 15 is 0 Å². The van der Waals surface area contributed by atoms with Crippen molar-refractivity contribution in [3.63, 3.8) is 0 Å². The summed E-state index contributed by atoms with van der Waals surface area (Å²) in [4.78, 5) is 21.2. The zero-order valence-electron chi connectivity index (χ0n) is 14.5. The number of aryl methyl sites for hydroxylation is 3. The molecule has 0 saturated heterocycles. The summed E-state index contributed by atoms with van der Waals surface area (Å²) in [7, 11) is 0. The van der Waals surface area contributed by atoms with E-state index in [1.54, 1.807) is 0 Å². The fraction of sp³-hybridized carbons (Fsp3) is 0.450. The van der Waals surface area contributed by atoms with Crippen LogP contribution < -0.4 is 5.73 Å². The Morgan fingerprint density at radius 3 is 2.85 bits per heavy atom. The van der Waals surface area contributed by atoms with Crippen LogP contribution >= 0.6 is 0 Å². The number of aromatic nitrogens is 2. The van der Waals surface area contributed by atoms with Gasteiger partial charge in [-0.2, -0.15) is 0 Å². The Kier molecular flexibility index (Phi) is 4.53. The van der Waals surface area contributed by atoms with Crippen LogP contribution in [0, 0.1) is 11.6 Å². The quantitative estimate of drug-likeness (QED) is 0.893. The normalized spacial score (nSPS) is 19.3. The van der Waals surface area contributed by atoms with E-state index in [9.17, 15) is 13.6 Å². The van der Waals surface area contributed by atoms with E-state index in [1.165, 1.54) is 17.7 Å². The SMILES string of the molecule is NC(CC(=O)Cc1ncc2c(n1)CCC2)C1CCc2cc(F)c(F)cc21. The third kappa shape index (κ3) is 3.26. The topological polar surface area (TPSA) is 68.9 Å². The van der Waals surface area contributed by atoms with Gasteiger partial charge >= 0.3 is 0 Å². The molecule has 4 nitrogen and oxygen atoms in total. The molecule has 4 rings (SSSR count). The lowest BCUT2D eigenvalue weighted by Crippen LogP contribution is -2.30. The third-order valence-electron chi connectivity index (χ3n) is 5.51. The van der Waals surface area contributed by atoms with Crippen LogP contribution in [0.5, 0.6) is 0 Å². The summed E-state index contributed by atoms with van der Waals surface area (Å²) in [6.07, 6.45) is 6.58. The van der Waals surface area contributed by atoms with Gasteiger partial charge in [0.2, 0.25) is 0 Å². The maximum Gasteiger partial charge on any atom is 0.159 e. The summed E-state index contributed by atoms with van der Waals surface area (Å²) in [5, 5.41) is 0. The summed E-state index contributed by atoms with van der Waals surface area (Å²) in [6, 6.07) is 2.07. The molecule has 2 aliphatic rings. The van der Waals surface area contributed by atoms with E-state index in [4.69, 9.17) is 5.73 Å².